The summed E-state index contributed by atoms with van der Waals surface area (Å²) >= 11 is 0. The van der Waals surface area contributed by atoms with Gasteiger partial charge in [-0.2, -0.15) is 0 Å². The fourth-order valence-corrected chi connectivity index (χ4v) is 10.00. The average Bonchev–Trinajstić information content (AvgIpc) is 3.31. The molecule has 0 saturated carbocycles. The predicted molar refractivity (Wildman–Crippen MR) is 260 cm³/mol. The first-order chi connectivity index (χ1) is 32.9. The number of ether oxygens (including phenoxy) is 7. The van der Waals surface area contributed by atoms with Gasteiger partial charge in [-0.15, -0.1) is 0 Å². The van der Waals surface area contributed by atoms with E-state index in [9.17, 15) is 30.0 Å². The molecule has 1 amide bonds. The van der Waals surface area contributed by atoms with Gasteiger partial charge in [0.05, 0.1) is 49.6 Å². The summed E-state index contributed by atoms with van der Waals surface area (Å²) in [6.45, 7) is 12.9. The van der Waals surface area contributed by atoms with Crippen molar-refractivity contribution in [2.45, 2.75) is 166 Å². The summed E-state index contributed by atoms with van der Waals surface area (Å²) in [6, 6.07) is 19.3. The highest BCUT2D eigenvalue weighted by atomic mass is 16.7. The van der Waals surface area contributed by atoms with Crippen LogP contribution in [0.5, 0.6) is 0 Å². The second-order valence-corrected chi connectivity index (χ2v) is 19.5. The Morgan fingerprint density at radius 2 is 1.36 bits per heavy atom. The molecular weight excluding hydrogens is 887 g/mol. The number of aliphatic hydroxyl groups excluding tert-OH is 4. The van der Waals surface area contributed by atoms with E-state index < -0.39 is 97.5 Å². The van der Waals surface area contributed by atoms with E-state index in [0.717, 1.165) is 16.7 Å². The molecule has 3 heterocycles. The van der Waals surface area contributed by atoms with Crippen molar-refractivity contribution in [3.8, 4) is 0 Å². The van der Waals surface area contributed by atoms with Crippen LogP contribution in [0.15, 0.2) is 84.5 Å². The number of carbonyl (C=O) groups is 2. The van der Waals surface area contributed by atoms with Crippen molar-refractivity contribution in [1.29, 1.82) is 0 Å². The van der Waals surface area contributed by atoms with Crippen molar-refractivity contribution in [3.63, 3.8) is 0 Å². The van der Waals surface area contributed by atoms with E-state index in [4.69, 9.17) is 33.2 Å². The number of nitrogens with zero attached hydrogens (tertiary/aromatic N) is 2. The van der Waals surface area contributed by atoms with Crippen LogP contribution in [0.3, 0.4) is 0 Å². The largest absolute Gasteiger partial charge is 0.462 e. The van der Waals surface area contributed by atoms with Crippen molar-refractivity contribution < 1.29 is 63.2 Å². The molecular formula is C53H81N3O13. The number of likely N-dealkylation sites (N-methyl/N-ethyl adjacent to an activating group) is 1. The van der Waals surface area contributed by atoms with Gasteiger partial charge in [0.2, 0.25) is 5.91 Å². The highest BCUT2D eigenvalue weighted by Crippen LogP contribution is 2.35. The molecule has 16 nitrogen and oxygen atoms in total. The van der Waals surface area contributed by atoms with E-state index in [2.05, 4.69) is 34.5 Å². The fraction of sp³-hybridized carbons (Fsp3) is 0.660. The second kappa shape index (κ2) is 27.3. The van der Waals surface area contributed by atoms with Gasteiger partial charge in [-0.25, -0.2) is 0 Å². The molecule has 5 rings (SSSR count). The van der Waals surface area contributed by atoms with Crippen LogP contribution in [0.25, 0.3) is 0 Å². The topological polar surface area (TPSA) is 198 Å². The Kier molecular flexibility index (Phi) is 22.3. The highest BCUT2D eigenvalue weighted by molar-refractivity contribution is 5.88. The molecule has 5 N–H and O–H groups in total. The first kappa shape index (κ1) is 56.3. The van der Waals surface area contributed by atoms with Gasteiger partial charge < -0.3 is 63.8 Å². The van der Waals surface area contributed by atoms with E-state index in [1.54, 1.807) is 38.9 Å². The number of rotatable bonds is 16. The number of nitrogens with one attached hydrogen (secondary N) is 1. The quantitative estimate of drug-likeness (QED) is 0.149. The number of cyclic esters (lactones) is 1. The maximum atomic E-state index is 14.1. The maximum Gasteiger partial charge on any atom is 0.308 e. The van der Waals surface area contributed by atoms with E-state index in [0.29, 0.717) is 38.9 Å². The highest BCUT2D eigenvalue weighted by Gasteiger charge is 2.48. The first-order valence-corrected chi connectivity index (χ1v) is 24.6. The van der Waals surface area contributed by atoms with Gasteiger partial charge in [0.15, 0.2) is 12.6 Å². The summed E-state index contributed by atoms with van der Waals surface area (Å²) in [6.07, 6.45) is -4.95. The Labute approximate surface area is 409 Å². The van der Waals surface area contributed by atoms with E-state index >= 15 is 0 Å². The molecule has 1 unspecified atom stereocenters. The van der Waals surface area contributed by atoms with E-state index in [1.165, 1.54) is 20.3 Å². The third-order valence-electron chi connectivity index (χ3n) is 13.9. The average molecular weight is 968 g/mol. The van der Waals surface area contributed by atoms with Crippen LogP contribution in [0.2, 0.25) is 0 Å². The molecule has 0 radical (unpaired) electrons. The van der Waals surface area contributed by atoms with Crippen LogP contribution in [0, 0.1) is 17.8 Å². The van der Waals surface area contributed by atoms with Gasteiger partial charge in [-0.1, -0.05) is 92.2 Å². The lowest BCUT2D eigenvalue weighted by molar-refractivity contribution is -0.304. The molecule has 3 aliphatic rings. The standard InChI is InChI=1S/C53H81N3O13/c1-11-42-40(31-65-53-51(64-10)50(63-9)47(61)36(6)67-53)26-32(2)22-23-43(58)54-33(3)27-39(24-25-56(29-37-18-14-12-15-19-37)30-38-20-16-13-17-21-38)49(34(4)41(57)28-44(59)68-42)69-52-48(62)45(55(7)8)46(60)35(5)66-52/h12-23,26,33-36,39-42,45-53,57,60-62H,11,24-25,27-31H2,1-10H3,(H,54,58)/b23-22+,32-26+/t33?,34-,35+,36+,39-,40+,41+,42+,45-,46+,47+,48+,49+,50+,51+,52-,53+/m0/s1. The Balaban J connectivity index is 1.49. The molecule has 2 aromatic rings. The number of methoxy groups -OCH3 is 2. The minimum Gasteiger partial charge on any atom is -0.462 e. The zero-order valence-electron chi connectivity index (χ0n) is 42.3. The fourth-order valence-electron chi connectivity index (χ4n) is 10.00. The molecule has 16 heteroatoms. The smallest absolute Gasteiger partial charge is 0.308 e. The minimum absolute atomic E-state index is 0.0108. The van der Waals surface area contributed by atoms with Crippen molar-refractivity contribution in [2.75, 3.05) is 41.5 Å². The van der Waals surface area contributed by atoms with Gasteiger partial charge >= 0.3 is 5.97 Å². The lowest BCUT2D eigenvalue weighted by Crippen LogP contribution is -2.63. The lowest BCUT2D eigenvalue weighted by atomic mass is 9.81. The summed E-state index contributed by atoms with van der Waals surface area (Å²) in [7, 11) is 6.51. The number of hydrogen-bond donors (Lipinski definition) is 5. The van der Waals surface area contributed by atoms with Gasteiger partial charge in [0.25, 0.3) is 0 Å². The summed E-state index contributed by atoms with van der Waals surface area (Å²) in [5, 5.41) is 49.0. The maximum absolute atomic E-state index is 14.1. The molecule has 0 aromatic heterocycles. The van der Waals surface area contributed by atoms with Crippen LogP contribution >= 0.6 is 0 Å². The molecule has 2 fully saturated rings. The summed E-state index contributed by atoms with van der Waals surface area (Å²) in [5.41, 5.74) is 3.00. The van der Waals surface area contributed by atoms with E-state index in [1.807, 2.05) is 70.2 Å². The van der Waals surface area contributed by atoms with Crippen molar-refractivity contribution in [2.24, 2.45) is 17.8 Å². The number of benzene rings is 2. The Hall–Kier alpha value is -3.62. The number of hydrogen-bond acceptors (Lipinski definition) is 15. The zero-order chi connectivity index (χ0) is 50.4. The van der Waals surface area contributed by atoms with Gasteiger partial charge in [-0.3, -0.25) is 14.5 Å². The molecule has 69 heavy (non-hydrogen) atoms. The summed E-state index contributed by atoms with van der Waals surface area (Å²) in [4.78, 5) is 31.9. The van der Waals surface area contributed by atoms with Gasteiger partial charge in [0.1, 0.15) is 30.5 Å². The predicted octanol–water partition coefficient (Wildman–Crippen LogP) is 4.37. The number of carbonyl (C=O) groups excluding carboxylic acids is 2. The number of allylic oxidation sites excluding steroid dienone is 2. The van der Waals surface area contributed by atoms with Gasteiger partial charge in [-0.05, 0) is 84.6 Å². The minimum atomic E-state index is -1.27. The summed E-state index contributed by atoms with van der Waals surface area (Å²) in [5.74, 6) is -2.58. The molecule has 0 aliphatic carbocycles. The SMILES string of the molecule is CC[C@H]1OC(=O)C[C@@H](O)[C@H](C)[C@@H](O[C@@H]2O[C@H](C)[C@@H](O)[C@H](N(C)C)[C@H]2O)[C@@H](CCN(Cc2ccccc2)Cc2ccccc2)CC(C)NC(=O)/C=C/C(C)=C/[C@@H]1CO[C@@H]1O[C@H](C)[C@@H](O)[C@@H](OC)[C@H]1OC. The Morgan fingerprint density at radius 3 is 1.94 bits per heavy atom. The normalized spacial score (nSPS) is 36.8. The molecule has 0 bridgehead atoms. The van der Waals surface area contributed by atoms with Crippen molar-refractivity contribution in [1.82, 2.24) is 15.1 Å². The molecule has 386 valence electrons. The second-order valence-electron chi connectivity index (χ2n) is 19.5. The van der Waals surface area contributed by atoms with E-state index in [-0.39, 0.29) is 30.9 Å². The van der Waals surface area contributed by atoms with Crippen molar-refractivity contribution >= 4 is 11.9 Å². The monoisotopic (exact) mass is 968 g/mol. The van der Waals surface area contributed by atoms with Crippen molar-refractivity contribution in [3.05, 3.63) is 95.6 Å². The van der Waals surface area contributed by atoms with Crippen LogP contribution in [0.1, 0.15) is 78.4 Å². The Morgan fingerprint density at radius 1 is 0.768 bits per heavy atom. The molecule has 3 aliphatic heterocycles. The molecule has 2 saturated heterocycles. The third kappa shape index (κ3) is 15.9. The summed E-state index contributed by atoms with van der Waals surface area (Å²) < 4.78 is 42.9. The molecule has 2 aromatic carbocycles. The number of amides is 1. The van der Waals surface area contributed by atoms with Crippen LogP contribution < -0.4 is 5.32 Å². The number of esters is 1. The van der Waals surface area contributed by atoms with Crippen LogP contribution in [-0.4, -0.2) is 169 Å². The number of aliphatic hydroxyl groups is 4. The van der Waals surface area contributed by atoms with Crippen LogP contribution in [-0.2, 0) is 55.8 Å². The molecule has 0 spiro atoms. The Bertz CT molecular complexity index is 1870. The zero-order valence-corrected chi connectivity index (χ0v) is 42.3. The lowest BCUT2D eigenvalue weighted by Gasteiger charge is -2.47. The van der Waals surface area contributed by atoms with Crippen LogP contribution in [0.4, 0.5) is 0 Å². The third-order valence-corrected chi connectivity index (χ3v) is 13.9. The molecule has 17 atom stereocenters. The first-order valence-electron chi connectivity index (χ1n) is 24.6. The van der Waals surface area contributed by atoms with Gasteiger partial charge in [0, 0.05) is 51.3 Å².